The molecule has 7 nitrogen and oxygen atoms in total. The Morgan fingerprint density at radius 1 is 1.12 bits per heavy atom. The number of amides is 2. The van der Waals surface area contributed by atoms with Crippen molar-refractivity contribution in [2.45, 2.75) is 50.2 Å². The van der Waals surface area contributed by atoms with Crippen molar-refractivity contribution in [3.63, 3.8) is 0 Å². The first kappa shape index (κ1) is 16.2. The molecule has 0 spiro atoms. The summed E-state index contributed by atoms with van der Waals surface area (Å²) in [5.74, 6) is 1.03. The quantitative estimate of drug-likeness (QED) is 0.766. The number of fused-ring (bicyclic) bond motifs is 2. The third-order valence-corrected chi connectivity index (χ3v) is 5.04. The maximum Gasteiger partial charge on any atom is 0.237 e. The van der Waals surface area contributed by atoms with Gasteiger partial charge >= 0.3 is 0 Å². The Labute approximate surface area is 146 Å². The summed E-state index contributed by atoms with van der Waals surface area (Å²) in [5.41, 5.74) is 0.640. The van der Waals surface area contributed by atoms with Crippen molar-refractivity contribution in [2.75, 3.05) is 18.5 Å². The van der Waals surface area contributed by atoms with E-state index in [0.29, 0.717) is 30.4 Å². The summed E-state index contributed by atoms with van der Waals surface area (Å²) in [6.45, 7) is 1.03. The molecule has 0 bridgehead atoms. The highest BCUT2D eigenvalue weighted by Gasteiger charge is 2.36. The van der Waals surface area contributed by atoms with E-state index in [1.54, 1.807) is 18.2 Å². The number of rotatable bonds is 3. The van der Waals surface area contributed by atoms with E-state index >= 15 is 0 Å². The molecule has 1 aromatic rings. The molecule has 3 N–H and O–H groups in total. The van der Waals surface area contributed by atoms with Gasteiger partial charge in [-0.25, -0.2) is 0 Å². The Bertz CT molecular complexity index is 678. The predicted octanol–water partition coefficient (Wildman–Crippen LogP) is 1.19. The van der Waals surface area contributed by atoms with E-state index < -0.39 is 6.04 Å². The monoisotopic (exact) mass is 345 g/mol. The van der Waals surface area contributed by atoms with E-state index in [2.05, 4.69) is 16.0 Å². The normalized spacial score (nSPS) is 27.8. The lowest BCUT2D eigenvalue weighted by Crippen LogP contribution is -2.65. The molecule has 0 unspecified atom stereocenters. The maximum absolute atomic E-state index is 12.4. The van der Waals surface area contributed by atoms with Crippen molar-refractivity contribution in [1.82, 2.24) is 10.6 Å². The molecule has 1 saturated carbocycles. The molecule has 25 heavy (non-hydrogen) atoms. The van der Waals surface area contributed by atoms with Crippen LogP contribution < -0.4 is 25.4 Å². The molecule has 2 fully saturated rings. The van der Waals surface area contributed by atoms with Gasteiger partial charge in [-0.2, -0.15) is 0 Å². The number of benzene rings is 1. The number of piperazine rings is 1. The predicted molar refractivity (Wildman–Crippen MR) is 91.8 cm³/mol. The molecule has 1 saturated heterocycles. The Morgan fingerprint density at radius 2 is 1.88 bits per heavy atom. The fourth-order valence-electron chi connectivity index (χ4n) is 3.79. The zero-order valence-electron chi connectivity index (χ0n) is 14.0. The minimum Gasteiger partial charge on any atom is -0.486 e. The van der Waals surface area contributed by atoms with Gasteiger partial charge in [0.05, 0.1) is 12.5 Å². The van der Waals surface area contributed by atoms with Crippen LogP contribution in [0.5, 0.6) is 11.5 Å². The van der Waals surface area contributed by atoms with Crippen molar-refractivity contribution in [1.29, 1.82) is 0 Å². The molecule has 3 aliphatic rings. The number of hydrogen-bond donors (Lipinski definition) is 3. The van der Waals surface area contributed by atoms with Gasteiger partial charge in [-0.15, -0.1) is 0 Å². The summed E-state index contributed by atoms with van der Waals surface area (Å²) in [4.78, 5) is 24.6. The summed E-state index contributed by atoms with van der Waals surface area (Å²) in [7, 11) is 0. The van der Waals surface area contributed by atoms with E-state index in [9.17, 15) is 9.59 Å². The molecular formula is C18H23N3O4. The molecule has 1 aromatic carbocycles. The molecule has 1 aliphatic carbocycles. The second-order valence-electron chi connectivity index (χ2n) is 6.84. The summed E-state index contributed by atoms with van der Waals surface area (Å²) in [6, 6.07) is 5.31. The third kappa shape index (κ3) is 3.56. The molecule has 3 atom stereocenters. The van der Waals surface area contributed by atoms with Crippen LogP contribution in [0.4, 0.5) is 5.69 Å². The van der Waals surface area contributed by atoms with Crippen molar-refractivity contribution in [3.8, 4) is 11.5 Å². The van der Waals surface area contributed by atoms with Gasteiger partial charge in [-0.1, -0.05) is 12.8 Å². The average Bonchev–Trinajstić information content (AvgIpc) is 2.62. The SMILES string of the molecule is O=C(C[C@H]1N[C@@H]2CCCC[C@@H]2NC1=O)Nc1ccc2c(c1)OCCO2. The number of carbonyl (C=O) groups is 2. The Kier molecular flexibility index (Phi) is 4.48. The van der Waals surface area contributed by atoms with Crippen molar-refractivity contribution < 1.29 is 19.1 Å². The largest absolute Gasteiger partial charge is 0.486 e. The summed E-state index contributed by atoms with van der Waals surface area (Å²) < 4.78 is 11.0. The number of anilines is 1. The fraction of sp³-hybridized carbons (Fsp3) is 0.556. The molecule has 0 radical (unpaired) electrons. The van der Waals surface area contributed by atoms with Crippen LogP contribution in [-0.4, -0.2) is 43.2 Å². The van der Waals surface area contributed by atoms with Crippen molar-refractivity contribution in [3.05, 3.63) is 18.2 Å². The smallest absolute Gasteiger partial charge is 0.237 e. The van der Waals surface area contributed by atoms with Crippen LogP contribution >= 0.6 is 0 Å². The van der Waals surface area contributed by atoms with Gasteiger partial charge in [-0.05, 0) is 25.0 Å². The summed E-state index contributed by atoms with van der Waals surface area (Å²) in [5, 5.41) is 9.25. The fourth-order valence-corrected chi connectivity index (χ4v) is 3.79. The first-order valence-corrected chi connectivity index (χ1v) is 8.95. The molecule has 2 heterocycles. The van der Waals surface area contributed by atoms with Crippen LogP contribution in [0, 0.1) is 0 Å². The second-order valence-corrected chi connectivity index (χ2v) is 6.84. The molecule has 2 amide bonds. The van der Waals surface area contributed by atoms with Gasteiger partial charge < -0.3 is 25.4 Å². The zero-order valence-corrected chi connectivity index (χ0v) is 14.0. The summed E-state index contributed by atoms with van der Waals surface area (Å²) in [6.07, 6.45) is 4.49. The lowest BCUT2D eigenvalue weighted by Gasteiger charge is -2.40. The third-order valence-electron chi connectivity index (χ3n) is 5.04. The average molecular weight is 345 g/mol. The Balaban J connectivity index is 1.36. The van der Waals surface area contributed by atoms with E-state index in [1.165, 1.54) is 6.42 Å². The Hall–Kier alpha value is -2.28. The maximum atomic E-state index is 12.4. The highest BCUT2D eigenvalue weighted by atomic mass is 16.6. The molecular weight excluding hydrogens is 322 g/mol. The highest BCUT2D eigenvalue weighted by molar-refractivity contribution is 5.96. The van der Waals surface area contributed by atoms with Crippen LogP contribution in [0.15, 0.2) is 18.2 Å². The number of hydrogen-bond acceptors (Lipinski definition) is 5. The lowest BCUT2D eigenvalue weighted by molar-refractivity contribution is -0.129. The highest BCUT2D eigenvalue weighted by Crippen LogP contribution is 2.32. The van der Waals surface area contributed by atoms with Gasteiger partial charge in [-0.3, -0.25) is 9.59 Å². The topological polar surface area (TPSA) is 88.7 Å². The second kappa shape index (κ2) is 6.92. The van der Waals surface area contributed by atoms with Gasteiger partial charge in [0.15, 0.2) is 11.5 Å². The molecule has 134 valence electrons. The van der Waals surface area contributed by atoms with Crippen LogP contribution in [0.2, 0.25) is 0 Å². The van der Waals surface area contributed by atoms with E-state index in [1.807, 2.05) is 0 Å². The summed E-state index contributed by atoms with van der Waals surface area (Å²) >= 11 is 0. The van der Waals surface area contributed by atoms with Crippen LogP contribution in [-0.2, 0) is 9.59 Å². The zero-order chi connectivity index (χ0) is 17.2. The van der Waals surface area contributed by atoms with Gasteiger partial charge in [0, 0.05) is 23.8 Å². The molecule has 4 rings (SSSR count). The van der Waals surface area contributed by atoms with Gasteiger partial charge in [0.25, 0.3) is 0 Å². The van der Waals surface area contributed by atoms with Gasteiger partial charge in [0.2, 0.25) is 11.8 Å². The minimum atomic E-state index is -0.475. The molecule has 2 aliphatic heterocycles. The van der Waals surface area contributed by atoms with E-state index in [-0.39, 0.29) is 30.3 Å². The van der Waals surface area contributed by atoms with Gasteiger partial charge in [0.1, 0.15) is 13.2 Å². The first-order chi connectivity index (χ1) is 12.2. The van der Waals surface area contributed by atoms with Crippen molar-refractivity contribution >= 4 is 17.5 Å². The first-order valence-electron chi connectivity index (χ1n) is 8.95. The van der Waals surface area contributed by atoms with Crippen LogP contribution in [0.25, 0.3) is 0 Å². The van der Waals surface area contributed by atoms with Crippen LogP contribution in [0.1, 0.15) is 32.1 Å². The van der Waals surface area contributed by atoms with E-state index in [0.717, 1.165) is 19.3 Å². The lowest BCUT2D eigenvalue weighted by atomic mass is 9.87. The number of carbonyl (C=O) groups excluding carboxylic acids is 2. The molecule has 0 aromatic heterocycles. The molecule has 7 heteroatoms. The van der Waals surface area contributed by atoms with Crippen molar-refractivity contribution in [2.24, 2.45) is 0 Å². The standard InChI is InChI=1S/C18H23N3O4/c22-17(19-11-5-6-15-16(9-11)25-8-7-24-15)10-14-18(23)21-13-4-2-1-3-12(13)20-14/h5-6,9,12-14,20H,1-4,7-8,10H2,(H,19,22)(H,21,23)/t12-,13+,14-/m1/s1. The van der Waals surface area contributed by atoms with E-state index in [4.69, 9.17) is 9.47 Å². The minimum absolute atomic E-state index is 0.0829. The number of nitrogens with one attached hydrogen (secondary N) is 3. The van der Waals surface area contributed by atoms with Crippen LogP contribution in [0.3, 0.4) is 0 Å². The Morgan fingerprint density at radius 3 is 2.72 bits per heavy atom. The number of ether oxygens (including phenoxy) is 2.